The Kier molecular flexibility index (Phi) is 7.04. The standard InChI is InChI=1S/C21H29N5O/c1-22-21(24-14-18-10-11-23-20(13-18)27-2)25-15-19-9-6-12-26(19)16-17-7-4-3-5-8-17/h3-5,7-8,10-11,13,19H,6,9,12,14-16H2,1-2H3,(H2,22,24,25). The van der Waals surface area contributed by atoms with Gasteiger partial charge in [-0.25, -0.2) is 4.98 Å². The predicted molar refractivity (Wildman–Crippen MR) is 109 cm³/mol. The van der Waals surface area contributed by atoms with Gasteiger partial charge in [0.15, 0.2) is 5.96 Å². The second kappa shape index (κ2) is 9.92. The van der Waals surface area contributed by atoms with Gasteiger partial charge < -0.3 is 15.4 Å². The quantitative estimate of drug-likeness (QED) is 0.581. The Balaban J connectivity index is 1.48. The van der Waals surface area contributed by atoms with Crippen LogP contribution in [0.1, 0.15) is 24.0 Å². The minimum absolute atomic E-state index is 0.532. The van der Waals surface area contributed by atoms with Gasteiger partial charge in [-0.15, -0.1) is 0 Å². The van der Waals surface area contributed by atoms with Gasteiger partial charge in [0.25, 0.3) is 0 Å². The summed E-state index contributed by atoms with van der Waals surface area (Å²) in [6.07, 6.45) is 4.23. The number of methoxy groups -OCH3 is 1. The number of ether oxygens (including phenoxy) is 1. The van der Waals surface area contributed by atoms with E-state index in [4.69, 9.17) is 4.74 Å². The number of nitrogens with one attached hydrogen (secondary N) is 2. The van der Waals surface area contributed by atoms with E-state index < -0.39 is 0 Å². The Morgan fingerprint density at radius 2 is 2.07 bits per heavy atom. The van der Waals surface area contributed by atoms with Gasteiger partial charge in [0.2, 0.25) is 5.88 Å². The maximum Gasteiger partial charge on any atom is 0.213 e. The maximum absolute atomic E-state index is 5.17. The molecule has 0 saturated carbocycles. The lowest BCUT2D eigenvalue weighted by Gasteiger charge is -2.25. The summed E-state index contributed by atoms with van der Waals surface area (Å²) in [5.74, 6) is 1.44. The van der Waals surface area contributed by atoms with E-state index in [0.717, 1.165) is 31.2 Å². The third-order valence-electron chi connectivity index (χ3n) is 4.92. The largest absolute Gasteiger partial charge is 0.481 e. The number of rotatable bonds is 7. The van der Waals surface area contributed by atoms with Gasteiger partial charge >= 0.3 is 0 Å². The molecule has 1 aromatic carbocycles. The molecule has 0 amide bonds. The molecule has 2 N–H and O–H groups in total. The van der Waals surface area contributed by atoms with Crippen LogP contribution in [0.4, 0.5) is 0 Å². The fourth-order valence-corrected chi connectivity index (χ4v) is 3.45. The summed E-state index contributed by atoms with van der Waals surface area (Å²) >= 11 is 0. The molecule has 0 radical (unpaired) electrons. The Morgan fingerprint density at radius 3 is 2.85 bits per heavy atom. The minimum Gasteiger partial charge on any atom is -0.481 e. The highest BCUT2D eigenvalue weighted by atomic mass is 16.5. The Bertz CT molecular complexity index is 734. The monoisotopic (exact) mass is 367 g/mol. The Morgan fingerprint density at radius 1 is 1.22 bits per heavy atom. The van der Waals surface area contributed by atoms with Crippen LogP contribution in [0, 0.1) is 0 Å². The van der Waals surface area contributed by atoms with Crippen molar-refractivity contribution in [3.63, 3.8) is 0 Å². The molecule has 0 spiro atoms. The second-order valence-electron chi connectivity index (χ2n) is 6.77. The molecule has 1 aliphatic rings. The van der Waals surface area contributed by atoms with Gasteiger partial charge in [0.1, 0.15) is 0 Å². The molecule has 6 nitrogen and oxygen atoms in total. The Labute approximate surface area is 161 Å². The van der Waals surface area contributed by atoms with E-state index in [0.29, 0.717) is 18.5 Å². The molecule has 1 unspecified atom stereocenters. The van der Waals surface area contributed by atoms with Crippen LogP contribution < -0.4 is 15.4 Å². The number of nitrogens with zero attached hydrogens (tertiary/aromatic N) is 3. The van der Waals surface area contributed by atoms with E-state index in [-0.39, 0.29) is 0 Å². The summed E-state index contributed by atoms with van der Waals surface area (Å²) in [7, 11) is 3.43. The number of pyridine rings is 1. The van der Waals surface area contributed by atoms with Gasteiger partial charge in [0, 0.05) is 45.0 Å². The van der Waals surface area contributed by atoms with Crippen LogP contribution in [0.15, 0.2) is 53.7 Å². The third kappa shape index (κ3) is 5.69. The molecular formula is C21H29N5O. The normalized spacial score (nSPS) is 17.7. The van der Waals surface area contributed by atoms with Crippen LogP contribution in [-0.4, -0.2) is 49.1 Å². The van der Waals surface area contributed by atoms with E-state index in [1.807, 2.05) is 12.1 Å². The number of likely N-dealkylation sites (tertiary alicyclic amines) is 1. The second-order valence-corrected chi connectivity index (χ2v) is 6.77. The average Bonchev–Trinajstić information content (AvgIpc) is 3.16. The number of hydrogen-bond acceptors (Lipinski definition) is 4. The zero-order valence-corrected chi connectivity index (χ0v) is 16.2. The fraction of sp³-hybridized carbons (Fsp3) is 0.429. The van der Waals surface area contributed by atoms with Crippen LogP contribution in [0.3, 0.4) is 0 Å². The molecule has 1 aromatic heterocycles. The smallest absolute Gasteiger partial charge is 0.213 e. The first-order chi connectivity index (χ1) is 13.3. The summed E-state index contributed by atoms with van der Waals surface area (Å²) in [5.41, 5.74) is 2.48. The zero-order valence-electron chi connectivity index (χ0n) is 16.2. The number of guanidine groups is 1. The highest BCUT2D eigenvalue weighted by Crippen LogP contribution is 2.19. The fourth-order valence-electron chi connectivity index (χ4n) is 3.45. The van der Waals surface area contributed by atoms with Crippen molar-refractivity contribution in [1.29, 1.82) is 0 Å². The van der Waals surface area contributed by atoms with Gasteiger partial charge in [-0.3, -0.25) is 9.89 Å². The summed E-state index contributed by atoms with van der Waals surface area (Å²) in [6.45, 7) is 3.74. The van der Waals surface area contributed by atoms with Gasteiger partial charge in [0.05, 0.1) is 7.11 Å². The summed E-state index contributed by atoms with van der Waals surface area (Å²) in [6, 6.07) is 15.1. The van der Waals surface area contributed by atoms with Gasteiger partial charge in [-0.05, 0) is 36.6 Å². The summed E-state index contributed by atoms with van der Waals surface area (Å²) in [4.78, 5) is 11.0. The number of aromatic nitrogens is 1. The molecule has 0 bridgehead atoms. The highest BCUT2D eigenvalue weighted by Gasteiger charge is 2.24. The first-order valence-corrected chi connectivity index (χ1v) is 9.50. The lowest BCUT2D eigenvalue weighted by Crippen LogP contribution is -2.44. The molecule has 144 valence electrons. The van der Waals surface area contributed by atoms with Crippen LogP contribution in [-0.2, 0) is 13.1 Å². The van der Waals surface area contributed by atoms with Crippen molar-refractivity contribution in [2.75, 3.05) is 27.2 Å². The molecule has 0 aliphatic carbocycles. The number of hydrogen-bond donors (Lipinski definition) is 2. The van der Waals surface area contributed by atoms with Crippen LogP contribution >= 0.6 is 0 Å². The SMILES string of the molecule is CN=C(NCc1ccnc(OC)c1)NCC1CCCN1Cc1ccccc1. The summed E-state index contributed by atoms with van der Waals surface area (Å²) in [5, 5.41) is 6.84. The van der Waals surface area contributed by atoms with Crippen molar-refractivity contribution >= 4 is 5.96 Å². The van der Waals surface area contributed by atoms with Crippen molar-refractivity contribution in [1.82, 2.24) is 20.5 Å². The van der Waals surface area contributed by atoms with Gasteiger partial charge in [-0.1, -0.05) is 30.3 Å². The van der Waals surface area contributed by atoms with Crippen molar-refractivity contribution < 1.29 is 4.74 Å². The topological polar surface area (TPSA) is 61.8 Å². The van der Waals surface area contributed by atoms with Gasteiger partial charge in [-0.2, -0.15) is 0 Å². The molecule has 3 rings (SSSR count). The summed E-state index contributed by atoms with van der Waals surface area (Å²) < 4.78 is 5.17. The highest BCUT2D eigenvalue weighted by molar-refractivity contribution is 5.79. The van der Waals surface area contributed by atoms with E-state index >= 15 is 0 Å². The molecule has 1 atom stereocenters. The zero-order chi connectivity index (χ0) is 18.9. The molecule has 1 saturated heterocycles. The van der Waals surface area contributed by atoms with E-state index in [1.54, 1.807) is 20.4 Å². The first-order valence-electron chi connectivity index (χ1n) is 9.50. The minimum atomic E-state index is 0.532. The molecule has 6 heteroatoms. The molecule has 1 aliphatic heterocycles. The van der Waals surface area contributed by atoms with Crippen LogP contribution in [0.5, 0.6) is 5.88 Å². The third-order valence-corrected chi connectivity index (χ3v) is 4.92. The maximum atomic E-state index is 5.17. The van der Waals surface area contributed by atoms with Crippen molar-refractivity contribution in [3.05, 3.63) is 59.8 Å². The predicted octanol–water partition coefficient (Wildman–Crippen LogP) is 2.42. The Hall–Kier alpha value is -2.60. The van der Waals surface area contributed by atoms with E-state index in [1.165, 1.54) is 18.4 Å². The molecular weight excluding hydrogens is 338 g/mol. The number of aliphatic imine (C=N–C) groups is 1. The van der Waals surface area contributed by atoms with E-state index in [9.17, 15) is 0 Å². The molecule has 2 heterocycles. The van der Waals surface area contributed by atoms with Crippen molar-refractivity contribution in [2.45, 2.75) is 32.0 Å². The van der Waals surface area contributed by atoms with Crippen LogP contribution in [0.25, 0.3) is 0 Å². The van der Waals surface area contributed by atoms with Crippen molar-refractivity contribution in [3.8, 4) is 5.88 Å². The average molecular weight is 367 g/mol. The van der Waals surface area contributed by atoms with E-state index in [2.05, 4.69) is 55.8 Å². The molecule has 1 fully saturated rings. The number of benzene rings is 1. The molecule has 2 aromatic rings. The van der Waals surface area contributed by atoms with Crippen molar-refractivity contribution in [2.24, 2.45) is 4.99 Å². The van der Waals surface area contributed by atoms with Crippen LogP contribution in [0.2, 0.25) is 0 Å². The lowest BCUT2D eigenvalue weighted by atomic mass is 10.2. The first kappa shape index (κ1) is 19.2. The molecule has 27 heavy (non-hydrogen) atoms. The lowest BCUT2D eigenvalue weighted by molar-refractivity contribution is 0.245.